The fourth-order valence-electron chi connectivity index (χ4n) is 1.74. The molecule has 1 unspecified atom stereocenters. The van der Waals surface area contributed by atoms with Crippen molar-refractivity contribution in [2.45, 2.75) is 6.04 Å². The van der Waals surface area contributed by atoms with Crippen molar-refractivity contribution in [2.24, 2.45) is 0 Å². The molecule has 0 bridgehead atoms. The first-order valence-corrected chi connectivity index (χ1v) is 6.06. The van der Waals surface area contributed by atoms with Gasteiger partial charge in [0.2, 0.25) is 0 Å². The molecule has 0 saturated heterocycles. The van der Waals surface area contributed by atoms with Gasteiger partial charge in [-0.1, -0.05) is 23.7 Å². The van der Waals surface area contributed by atoms with Crippen molar-refractivity contribution < 1.29 is 13.9 Å². The molecule has 0 amide bonds. The highest BCUT2D eigenvalue weighted by Crippen LogP contribution is 2.24. The number of hydrogen-bond acceptors (Lipinski definition) is 2. The summed E-state index contributed by atoms with van der Waals surface area (Å²) < 4.78 is 26.1. The summed E-state index contributed by atoms with van der Waals surface area (Å²) in [5, 5.41) is 12.3. The predicted octanol–water partition coefficient (Wildman–Crippen LogP) is 3.76. The van der Waals surface area contributed by atoms with Gasteiger partial charge in [-0.05, 0) is 35.9 Å². The number of benzene rings is 2. The molecule has 0 aliphatic carbocycles. The second kappa shape index (κ2) is 5.99. The molecule has 0 saturated carbocycles. The average molecular weight is 284 g/mol. The van der Waals surface area contributed by atoms with Crippen LogP contribution in [0.1, 0.15) is 11.6 Å². The molecule has 0 heterocycles. The normalized spacial score (nSPS) is 12.2. The summed E-state index contributed by atoms with van der Waals surface area (Å²) >= 11 is 5.70. The van der Waals surface area contributed by atoms with Crippen LogP contribution in [0.15, 0.2) is 42.5 Å². The van der Waals surface area contributed by atoms with Crippen molar-refractivity contribution in [3.05, 3.63) is 64.7 Å². The van der Waals surface area contributed by atoms with E-state index in [-0.39, 0.29) is 17.4 Å². The zero-order valence-electron chi connectivity index (χ0n) is 9.91. The smallest absolute Gasteiger partial charge is 0.141 e. The van der Waals surface area contributed by atoms with Gasteiger partial charge in [-0.15, -0.1) is 0 Å². The minimum Gasteiger partial charge on any atom is -0.394 e. The van der Waals surface area contributed by atoms with E-state index >= 15 is 0 Å². The Bertz CT molecular complexity index is 577. The van der Waals surface area contributed by atoms with Crippen LogP contribution >= 0.6 is 11.6 Å². The molecule has 19 heavy (non-hydrogen) atoms. The highest BCUT2D eigenvalue weighted by atomic mass is 35.5. The van der Waals surface area contributed by atoms with E-state index in [0.717, 1.165) is 0 Å². The Labute approximate surface area is 114 Å². The number of aliphatic hydroxyl groups excluding tert-OH is 1. The quantitative estimate of drug-likeness (QED) is 0.895. The third kappa shape index (κ3) is 3.43. The van der Waals surface area contributed by atoms with Gasteiger partial charge < -0.3 is 10.4 Å². The van der Waals surface area contributed by atoms with Gasteiger partial charge in [0.15, 0.2) is 0 Å². The molecule has 2 rings (SSSR count). The fraction of sp³-hybridized carbons (Fsp3) is 0.143. The molecular formula is C14H12ClF2NO. The summed E-state index contributed by atoms with van der Waals surface area (Å²) in [6, 6.07) is 9.58. The number of halogens is 3. The zero-order chi connectivity index (χ0) is 13.8. The minimum absolute atomic E-state index is 0.0167. The summed E-state index contributed by atoms with van der Waals surface area (Å²) in [4.78, 5) is 0. The van der Waals surface area contributed by atoms with E-state index in [0.29, 0.717) is 11.3 Å². The SMILES string of the molecule is OCC(Nc1cccc(F)c1)c1ccc(F)c(Cl)c1. The lowest BCUT2D eigenvalue weighted by atomic mass is 10.1. The predicted molar refractivity (Wildman–Crippen MR) is 71.3 cm³/mol. The van der Waals surface area contributed by atoms with Crippen molar-refractivity contribution in [1.29, 1.82) is 0 Å². The lowest BCUT2D eigenvalue weighted by Crippen LogP contribution is -2.15. The maximum absolute atomic E-state index is 13.1. The van der Waals surface area contributed by atoms with Crippen LogP contribution in [0.25, 0.3) is 0 Å². The molecule has 0 radical (unpaired) electrons. The van der Waals surface area contributed by atoms with Crippen LogP contribution in [0.2, 0.25) is 5.02 Å². The second-order valence-corrected chi connectivity index (χ2v) is 4.47. The monoisotopic (exact) mass is 283 g/mol. The Morgan fingerprint density at radius 2 is 1.95 bits per heavy atom. The molecule has 2 aromatic rings. The maximum Gasteiger partial charge on any atom is 0.141 e. The number of hydrogen-bond donors (Lipinski definition) is 2. The van der Waals surface area contributed by atoms with Gasteiger partial charge >= 0.3 is 0 Å². The molecule has 1 atom stereocenters. The van der Waals surface area contributed by atoms with Crippen molar-refractivity contribution >= 4 is 17.3 Å². The van der Waals surface area contributed by atoms with Gasteiger partial charge in [-0.3, -0.25) is 0 Å². The van der Waals surface area contributed by atoms with E-state index in [1.807, 2.05) is 0 Å². The van der Waals surface area contributed by atoms with E-state index in [1.165, 1.54) is 30.3 Å². The summed E-state index contributed by atoms with van der Waals surface area (Å²) in [5.74, 6) is -0.897. The van der Waals surface area contributed by atoms with E-state index in [2.05, 4.69) is 5.32 Å². The summed E-state index contributed by atoms with van der Waals surface area (Å²) in [6.45, 7) is -0.224. The lowest BCUT2D eigenvalue weighted by molar-refractivity contribution is 0.276. The van der Waals surface area contributed by atoms with Gasteiger partial charge in [-0.2, -0.15) is 0 Å². The second-order valence-electron chi connectivity index (χ2n) is 4.06. The number of nitrogens with one attached hydrogen (secondary N) is 1. The number of aliphatic hydroxyl groups is 1. The van der Waals surface area contributed by atoms with E-state index in [9.17, 15) is 13.9 Å². The molecule has 0 aliphatic heterocycles. The summed E-state index contributed by atoms with van der Waals surface area (Å²) in [5.41, 5.74) is 1.15. The standard InChI is InChI=1S/C14H12ClF2NO/c15-12-6-9(4-5-13(12)17)14(8-19)18-11-3-1-2-10(16)7-11/h1-7,14,18-19H,8H2. The molecule has 0 fully saturated rings. The molecule has 0 spiro atoms. The van der Waals surface area contributed by atoms with Crippen molar-refractivity contribution in [2.75, 3.05) is 11.9 Å². The largest absolute Gasteiger partial charge is 0.394 e. The molecular weight excluding hydrogens is 272 g/mol. The maximum atomic E-state index is 13.1. The van der Waals surface area contributed by atoms with E-state index < -0.39 is 11.9 Å². The Balaban J connectivity index is 2.22. The van der Waals surface area contributed by atoms with Crippen LogP contribution in [0.4, 0.5) is 14.5 Å². The molecule has 2 N–H and O–H groups in total. The van der Waals surface area contributed by atoms with Gasteiger partial charge in [0.05, 0.1) is 17.7 Å². The third-order valence-electron chi connectivity index (χ3n) is 2.69. The van der Waals surface area contributed by atoms with Crippen LogP contribution < -0.4 is 5.32 Å². The number of anilines is 1. The first-order valence-electron chi connectivity index (χ1n) is 5.68. The van der Waals surface area contributed by atoms with Crippen LogP contribution in [0.3, 0.4) is 0 Å². The topological polar surface area (TPSA) is 32.3 Å². The minimum atomic E-state index is -0.520. The fourth-order valence-corrected chi connectivity index (χ4v) is 1.93. The van der Waals surface area contributed by atoms with Gasteiger partial charge in [0, 0.05) is 5.69 Å². The van der Waals surface area contributed by atoms with Crippen molar-refractivity contribution in [3.63, 3.8) is 0 Å². The van der Waals surface area contributed by atoms with Gasteiger partial charge in [0.1, 0.15) is 11.6 Å². The van der Waals surface area contributed by atoms with E-state index in [1.54, 1.807) is 12.1 Å². The molecule has 0 aromatic heterocycles. The van der Waals surface area contributed by atoms with Crippen LogP contribution in [0.5, 0.6) is 0 Å². The van der Waals surface area contributed by atoms with Crippen LogP contribution in [-0.2, 0) is 0 Å². The number of rotatable bonds is 4. The zero-order valence-corrected chi connectivity index (χ0v) is 10.7. The summed E-state index contributed by atoms with van der Waals surface area (Å²) in [7, 11) is 0. The lowest BCUT2D eigenvalue weighted by Gasteiger charge is -2.18. The summed E-state index contributed by atoms with van der Waals surface area (Å²) in [6.07, 6.45) is 0. The first-order chi connectivity index (χ1) is 9.10. The highest BCUT2D eigenvalue weighted by Gasteiger charge is 2.12. The average Bonchev–Trinajstić information content (AvgIpc) is 2.39. The molecule has 5 heteroatoms. The van der Waals surface area contributed by atoms with Gasteiger partial charge in [-0.25, -0.2) is 8.78 Å². The van der Waals surface area contributed by atoms with E-state index in [4.69, 9.17) is 11.6 Å². The van der Waals surface area contributed by atoms with Crippen LogP contribution in [0, 0.1) is 11.6 Å². The van der Waals surface area contributed by atoms with Crippen LogP contribution in [-0.4, -0.2) is 11.7 Å². The molecule has 0 aliphatic rings. The molecule has 2 aromatic carbocycles. The molecule has 2 nitrogen and oxygen atoms in total. The molecule has 100 valence electrons. The third-order valence-corrected chi connectivity index (χ3v) is 2.98. The Morgan fingerprint density at radius 3 is 2.58 bits per heavy atom. The highest BCUT2D eigenvalue weighted by molar-refractivity contribution is 6.30. The van der Waals surface area contributed by atoms with Crippen molar-refractivity contribution in [1.82, 2.24) is 0 Å². The Hall–Kier alpha value is -1.65. The Kier molecular flexibility index (Phi) is 4.35. The van der Waals surface area contributed by atoms with Gasteiger partial charge in [0.25, 0.3) is 0 Å². The van der Waals surface area contributed by atoms with Crippen molar-refractivity contribution in [3.8, 4) is 0 Å². The Morgan fingerprint density at radius 1 is 1.16 bits per heavy atom. The first kappa shape index (κ1) is 13.8.